The number of ether oxygens (including phenoxy) is 1. The predicted octanol–water partition coefficient (Wildman–Crippen LogP) is 2.37. The number of nitrogens with one attached hydrogen (secondary N) is 2. The van der Waals surface area contributed by atoms with Gasteiger partial charge in [-0.3, -0.25) is 14.3 Å². The van der Waals surface area contributed by atoms with Crippen LogP contribution in [0, 0.1) is 0 Å². The number of rotatable bonds is 6. The molecule has 3 rings (SSSR count). The summed E-state index contributed by atoms with van der Waals surface area (Å²) >= 11 is 0. The fourth-order valence-corrected chi connectivity index (χ4v) is 4.56. The fourth-order valence-electron chi connectivity index (χ4n) is 3.46. The number of anilines is 3. The number of nitrogens with zero attached hydrogens (tertiary/aromatic N) is 1. The highest BCUT2D eigenvalue weighted by Crippen LogP contribution is 2.34. The van der Waals surface area contributed by atoms with Gasteiger partial charge in [0.1, 0.15) is 6.61 Å². The molecular formula is C20H23N3O5S. The third kappa shape index (κ3) is 4.57. The van der Waals surface area contributed by atoms with E-state index in [9.17, 15) is 18.0 Å². The van der Waals surface area contributed by atoms with Crippen molar-refractivity contribution in [3.05, 3.63) is 48.0 Å². The highest BCUT2D eigenvalue weighted by atomic mass is 32.2. The Morgan fingerprint density at radius 2 is 1.90 bits per heavy atom. The van der Waals surface area contributed by atoms with Gasteiger partial charge in [0.25, 0.3) is 10.0 Å². The van der Waals surface area contributed by atoms with Crippen molar-refractivity contribution in [2.75, 3.05) is 28.7 Å². The Bertz CT molecular complexity index is 1050. The van der Waals surface area contributed by atoms with Crippen LogP contribution in [0.2, 0.25) is 0 Å². The van der Waals surface area contributed by atoms with Crippen LogP contribution in [-0.2, 0) is 30.8 Å². The summed E-state index contributed by atoms with van der Waals surface area (Å²) in [5.41, 5.74) is 2.33. The van der Waals surface area contributed by atoms with Crippen LogP contribution in [0.5, 0.6) is 0 Å². The van der Waals surface area contributed by atoms with Crippen LogP contribution in [0.25, 0.3) is 0 Å². The van der Waals surface area contributed by atoms with E-state index in [0.717, 1.165) is 11.3 Å². The molecule has 1 aliphatic rings. The largest absolute Gasteiger partial charge is 0.375 e. The molecule has 154 valence electrons. The molecule has 0 fully saturated rings. The molecule has 2 amide bonds. The van der Waals surface area contributed by atoms with Crippen molar-refractivity contribution in [1.82, 2.24) is 0 Å². The van der Waals surface area contributed by atoms with Gasteiger partial charge in [0.15, 0.2) is 0 Å². The number of benzene rings is 2. The van der Waals surface area contributed by atoms with Crippen LogP contribution in [0.1, 0.15) is 19.4 Å². The zero-order valence-electron chi connectivity index (χ0n) is 16.4. The van der Waals surface area contributed by atoms with Gasteiger partial charge in [-0.25, -0.2) is 8.42 Å². The molecule has 1 heterocycles. The SMILES string of the molecule is COCC(=O)Nc1cccc(NS(=O)(=O)c2ccc3c(c2)C[C@H](C)N3C(C)=O)c1. The molecule has 0 aliphatic carbocycles. The van der Waals surface area contributed by atoms with Gasteiger partial charge < -0.3 is 15.0 Å². The van der Waals surface area contributed by atoms with Crippen LogP contribution in [0.15, 0.2) is 47.4 Å². The molecule has 1 aliphatic heterocycles. The summed E-state index contributed by atoms with van der Waals surface area (Å²) in [6, 6.07) is 11.1. The highest BCUT2D eigenvalue weighted by molar-refractivity contribution is 7.92. The minimum atomic E-state index is -3.84. The predicted molar refractivity (Wildman–Crippen MR) is 111 cm³/mol. The van der Waals surface area contributed by atoms with E-state index in [1.54, 1.807) is 35.2 Å². The molecule has 1 atom stereocenters. The van der Waals surface area contributed by atoms with Crippen molar-refractivity contribution in [3.63, 3.8) is 0 Å². The number of methoxy groups -OCH3 is 1. The molecule has 0 saturated heterocycles. The summed E-state index contributed by atoms with van der Waals surface area (Å²) in [6.45, 7) is 3.33. The van der Waals surface area contributed by atoms with Crippen molar-refractivity contribution >= 4 is 38.9 Å². The van der Waals surface area contributed by atoms with Crippen LogP contribution < -0.4 is 14.9 Å². The highest BCUT2D eigenvalue weighted by Gasteiger charge is 2.30. The Labute approximate surface area is 169 Å². The van der Waals surface area contributed by atoms with Gasteiger partial charge in [-0.05, 0) is 55.3 Å². The maximum Gasteiger partial charge on any atom is 0.261 e. The van der Waals surface area contributed by atoms with E-state index in [0.29, 0.717) is 17.8 Å². The molecule has 0 aromatic heterocycles. The van der Waals surface area contributed by atoms with E-state index >= 15 is 0 Å². The molecule has 9 heteroatoms. The molecule has 0 saturated carbocycles. The fraction of sp³-hybridized carbons (Fsp3) is 0.300. The minimum Gasteiger partial charge on any atom is -0.375 e. The maximum atomic E-state index is 12.8. The lowest BCUT2D eigenvalue weighted by atomic mass is 10.1. The molecule has 29 heavy (non-hydrogen) atoms. The first-order valence-electron chi connectivity index (χ1n) is 9.05. The monoisotopic (exact) mass is 417 g/mol. The zero-order valence-corrected chi connectivity index (χ0v) is 17.2. The second kappa shape index (κ2) is 8.22. The third-order valence-electron chi connectivity index (χ3n) is 4.59. The maximum absolute atomic E-state index is 12.8. The number of sulfonamides is 1. The van der Waals surface area contributed by atoms with E-state index in [2.05, 4.69) is 10.0 Å². The third-order valence-corrected chi connectivity index (χ3v) is 5.97. The van der Waals surface area contributed by atoms with E-state index in [1.807, 2.05) is 6.92 Å². The lowest BCUT2D eigenvalue weighted by Gasteiger charge is -2.20. The Balaban J connectivity index is 1.82. The molecular weight excluding hydrogens is 394 g/mol. The van der Waals surface area contributed by atoms with Crippen molar-refractivity contribution < 1.29 is 22.7 Å². The van der Waals surface area contributed by atoms with Gasteiger partial charge in [-0.1, -0.05) is 6.07 Å². The second-order valence-electron chi connectivity index (χ2n) is 6.90. The summed E-state index contributed by atoms with van der Waals surface area (Å²) in [6.07, 6.45) is 0.597. The summed E-state index contributed by atoms with van der Waals surface area (Å²) < 4.78 is 33.0. The average Bonchev–Trinajstić information content (AvgIpc) is 2.96. The van der Waals surface area contributed by atoms with Gasteiger partial charge in [0.2, 0.25) is 11.8 Å². The number of fused-ring (bicyclic) bond motifs is 1. The molecule has 0 unspecified atom stereocenters. The van der Waals surface area contributed by atoms with Crippen molar-refractivity contribution in [1.29, 1.82) is 0 Å². The summed E-state index contributed by atoms with van der Waals surface area (Å²) in [5, 5.41) is 2.63. The number of hydrogen-bond acceptors (Lipinski definition) is 5. The second-order valence-corrected chi connectivity index (χ2v) is 8.58. The Hall–Kier alpha value is -2.91. The van der Waals surface area contributed by atoms with E-state index in [-0.39, 0.29) is 29.4 Å². The topological polar surface area (TPSA) is 105 Å². The minimum absolute atomic E-state index is 0.0131. The molecule has 0 spiro atoms. The van der Waals surface area contributed by atoms with Crippen LogP contribution in [0.3, 0.4) is 0 Å². The number of amides is 2. The quantitative estimate of drug-likeness (QED) is 0.751. The molecule has 0 bridgehead atoms. The first kappa shape index (κ1) is 20.8. The summed E-state index contributed by atoms with van der Waals surface area (Å²) in [7, 11) is -2.42. The number of carbonyl (C=O) groups excluding carboxylic acids is 2. The molecule has 2 aromatic carbocycles. The smallest absolute Gasteiger partial charge is 0.261 e. The van der Waals surface area contributed by atoms with Gasteiger partial charge >= 0.3 is 0 Å². The zero-order chi connectivity index (χ0) is 21.2. The Kier molecular flexibility index (Phi) is 5.90. The molecule has 2 N–H and O–H groups in total. The van der Waals surface area contributed by atoms with E-state index < -0.39 is 10.0 Å². The average molecular weight is 417 g/mol. The normalized spacial score (nSPS) is 15.7. The van der Waals surface area contributed by atoms with Crippen molar-refractivity contribution in [2.24, 2.45) is 0 Å². The van der Waals surface area contributed by atoms with E-state index in [4.69, 9.17) is 4.74 Å². The summed E-state index contributed by atoms with van der Waals surface area (Å²) in [5.74, 6) is -0.410. The van der Waals surface area contributed by atoms with Crippen LogP contribution in [-0.4, -0.2) is 40.0 Å². The Morgan fingerprint density at radius 1 is 1.17 bits per heavy atom. The van der Waals surface area contributed by atoms with Gasteiger partial charge in [-0.15, -0.1) is 0 Å². The molecule has 8 nitrogen and oxygen atoms in total. The van der Waals surface area contributed by atoms with Crippen molar-refractivity contribution in [3.8, 4) is 0 Å². The summed E-state index contributed by atoms with van der Waals surface area (Å²) in [4.78, 5) is 25.3. The van der Waals surface area contributed by atoms with Crippen LogP contribution >= 0.6 is 0 Å². The number of hydrogen-bond donors (Lipinski definition) is 2. The molecule has 0 radical (unpaired) electrons. The Morgan fingerprint density at radius 3 is 2.59 bits per heavy atom. The standard InChI is InChI=1S/C20H23N3O5S/c1-13-9-15-10-18(7-8-19(15)23(13)14(2)24)29(26,27)22-17-6-4-5-16(11-17)21-20(25)12-28-3/h4-8,10-11,13,22H,9,12H2,1-3H3,(H,21,25)/t13-/m0/s1. The lowest BCUT2D eigenvalue weighted by molar-refractivity contribution is -0.119. The lowest BCUT2D eigenvalue weighted by Crippen LogP contribution is -2.33. The molecule has 2 aromatic rings. The first-order chi connectivity index (χ1) is 13.7. The van der Waals surface area contributed by atoms with Crippen LogP contribution in [0.4, 0.5) is 17.1 Å². The van der Waals surface area contributed by atoms with Crippen molar-refractivity contribution in [2.45, 2.75) is 31.2 Å². The van der Waals surface area contributed by atoms with Gasteiger partial charge in [-0.2, -0.15) is 0 Å². The first-order valence-corrected chi connectivity index (χ1v) is 10.5. The number of carbonyl (C=O) groups is 2. The van der Waals surface area contributed by atoms with Gasteiger partial charge in [0.05, 0.1) is 10.6 Å². The van der Waals surface area contributed by atoms with E-state index in [1.165, 1.54) is 26.2 Å². The van der Waals surface area contributed by atoms with Gasteiger partial charge in [0, 0.05) is 31.5 Å².